The molecule has 1 aromatic carbocycles. The van der Waals surface area contributed by atoms with Gasteiger partial charge in [-0.05, 0) is 44.5 Å². The Morgan fingerprint density at radius 1 is 1.32 bits per heavy atom. The first kappa shape index (κ1) is 13.8. The summed E-state index contributed by atoms with van der Waals surface area (Å²) in [4.78, 5) is 0. The lowest BCUT2D eigenvalue weighted by molar-refractivity contribution is 0.577. The minimum atomic E-state index is 0.414. The maximum Gasteiger partial charge on any atom is 0.0674 e. The Kier molecular flexibility index (Phi) is 4.05. The molecule has 3 heteroatoms. The van der Waals surface area contributed by atoms with Crippen molar-refractivity contribution in [2.75, 3.05) is 7.05 Å². The Bertz CT molecular complexity index is 565. The lowest BCUT2D eigenvalue weighted by Gasteiger charge is -2.15. The molecule has 2 aromatic rings. The molecule has 0 radical (unpaired) electrons. The van der Waals surface area contributed by atoms with Crippen LogP contribution in [0.15, 0.2) is 24.3 Å². The monoisotopic (exact) mass is 257 g/mol. The van der Waals surface area contributed by atoms with E-state index < -0.39 is 0 Å². The third-order valence-electron chi connectivity index (χ3n) is 3.84. The Morgan fingerprint density at radius 3 is 2.58 bits per heavy atom. The van der Waals surface area contributed by atoms with Crippen LogP contribution in [0.2, 0.25) is 0 Å². The maximum absolute atomic E-state index is 4.50. The molecule has 3 nitrogen and oxygen atoms in total. The van der Waals surface area contributed by atoms with Crippen molar-refractivity contribution in [1.82, 2.24) is 15.1 Å². The number of aryl methyl sites for hydroxylation is 2. The Labute approximate surface area is 115 Å². The predicted octanol–water partition coefficient (Wildman–Crippen LogP) is 3.37. The van der Waals surface area contributed by atoms with Gasteiger partial charge in [-0.2, -0.15) is 5.10 Å². The van der Waals surface area contributed by atoms with Crippen molar-refractivity contribution in [3.8, 4) is 11.1 Å². The predicted molar refractivity (Wildman–Crippen MR) is 80.2 cm³/mol. The molecule has 2 rings (SSSR count). The van der Waals surface area contributed by atoms with Gasteiger partial charge in [0.15, 0.2) is 0 Å². The van der Waals surface area contributed by atoms with E-state index in [1.165, 1.54) is 22.4 Å². The number of nitrogens with one attached hydrogen (secondary N) is 1. The van der Waals surface area contributed by atoms with Crippen LogP contribution in [0.4, 0.5) is 0 Å². The summed E-state index contributed by atoms with van der Waals surface area (Å²) >= 11 is 0. The van der Waals surface area contributed by atoms with Gasteiger partial charge < -0.3 is 5.32 Å². The SMILES string of the molecule is CCC(NC)c1cccc(-c2c(C)nn(C)c2C)c1. The second-order valence-corrected chi connectivity index (χ2v) is 5.04. The van der Waals surface area contributed by atoms with Crippen molar-refractivity contribution in [2.45, 2.75) is 33.2 Å². The standard InChI is InChI=1S/C16H23N3/c1-6-15(17-4)13-8-7-9-14(10-13)16-11(2)18-19(5)12(16)3/h7-10,15,17H,6H2,1-5H3. The molecule has 0 bridgehead atoms. The molecular weight excluding hydrogens is 234 g/mol. The van der Waals surface area contributed by atoms with Gasteiger partial charge in [0, 0.05) is 24.3 Å². The van der Waals surface area contributed by atoms with E-state index in [1.54, 1.807) is 0 Å². The van der Waals surface area contributed by atoms with Crippen LogP contribution in [0.1, 0.15) is 36.3 Å². The molecular formula is C16H23N3. The highest BCUT2D eigenvalue weighted by Gasteiger charge is 2.13. The highest BCUT2D eigenvalue weighted by atomic mass is 15.3. The summed E-state index contributed by atoms with van der Waals surface area (Å²) in [6, 6.07) is 9.19. The van der Waals surface area contributed by atoms with E-state index in [-0.39, 0.29) is 0 Å². The van der Waals surface area contributed by atoms with Gasteiger partial charge in [-0.1, -0.05) is 25.1 Å². The number of hydrogen-bond acceptors (Lipinski definition) is 2. The molecule has 0 aliphatic rings. The van der Waals surface area contributed by atoms with Crippen molar-refractivity contribution >= 4 is 0 Å². The fourth-order valence-electron chi connectivity index (χ4n) is 2.71. The third kappa shape index (κ3) is 2.56. The number of hydrogen-bond donors (Lipinski definition) is 1. The summed E-state index contributed by atoms with van der Waals surface area (Å²) in [6.07, 6.45) is 1.09. The lowest BCUT2D eigenvalue weighted by Crippen LogP contribution is -2.15. The molecule has 1 atom stereocenters. The molecule has 1 unspecified atom stereocenters. The molecule has 0 saturated heterocycles. The average Bonchev–Trinajstić information content (AvgIpc) is 2.65. The number of rotatable bonds is 4. The molecule has 0 amide bonds. The molecule has 0 aliphatic carbocycles. The van der Waals surface area contributed by atoms with Gasteiger partial charge in [-0.15, -0.1) is 0 Å². The van der Waals surface area contributed by atoms with Crippen LogP contribution in [-0.2, 0) is 7.05 Å². The van der Waals surface area contributed by atoms with Crippen molar-refractivity contribution in [3.05, 3.63) is 41.2 Å². The fourth-order valence-corrected chi connectivity index (χ4v) is 2.71. The maximum atomic E-state index is 4.50. The normalized spacial score (nSPS) is 12.7. The van der Waals surface area contributed by atoms with Crippen LogP contribution in [0.5, 0.6) is 0 Å². The molecule has 0 spiro atoms. The summed E-state index contributed by atoms with van der Waals surface area (Å²) in [5.74, 6) is 0. The van der Waals surface area contributed by atoms with Gasteiger partial charge in [0.25, 0.3) is 0 Å². The molecule has 0 aliphatic heterocycles. The van der Waals surface area contributed by atoms with Crippen molar-refractivity contribution < 1.29 is 0 Å². The summed E-state index contributed by atoms with van der Waals surface area (Å²) in [7, 11) is 4.01. The van der Waals surface area contributed by atoms with E-state index in [1.807, 2.05) is 18.8 Å². The van der Waals surface area contributed by atoms with Crippen molar-refractivity contribution in [2.24, 2.45) is 7.05 Å². The molecule has 1 aromatic heterocycles. The van der Waals surface area contributed by atoms with Crippen molar-refractivity contribution in [3.63, 3.8) is 0 Å². The molecule has 102 valence electrons. The first-order valence-electron chi connectivity index (χ1n) is 6.86. The Morgan fingerprint density at radius 2 is 2.05 bits per heavy atom. The van der Waals surface area contributed by atoms with Crippen LogP contribution >= 0.6 is 0 Å². The fraction of sp³-hybridized carbons (Fsp3) is 0.438. The van der Waals surface area contributed by atoms with E-state index in [2.05, 4.69) is 55.5 Å². The molecule has 1 N–H and O–H groups in total. The molecule has 1 heterocycles. The summed E-state index contributed by atoms with van der Waals surface area (Å²) in [5.41, 5.74) is 6.16. The summed E-state index contributed by atoms with van der Waals surface area (Å²) in [6.45, 7) is 6.40. The van der Waals surface area contributed by atoms with E-state index in [0.717, 1.165) is 12.1 Å². The van der Waals surface area contributed by atoms with E-state index in [0.29, 0.717) is 6.04 Å². The number of nitrogens with zero attached hydrogens (tertiary/aromatic N) is 2. The van der Waals surface area contributed by atoms with Crippen LogP contribution in [0.25, 0.3) is 11.1 Å². The highest BCUT2D eigenvalue weighted by Crippen LogP contribution is 2.29. The van der Waals surface area contributed by atoms with Crippen LogP contribution in [0, 0.1) is 13.8 Å². The number of aromatic nitrogens is 2. The number of benzene rings is 1. The molecule has 19 heavy (non-hydrogen) atoms. The smallest absolute Gasteiger partial charge is 0.0674 e. The van der Waals surface area contributed by atoms with Crippen LogP contribution in [-0.4, -0.2) is 16.8 Å². The van der Waals surface area contributed by atoms with E-state index in [9.17, 15) is 0 Å². The summed E-state index contributed by atoms with van der Waals surface area (Å²) < 4.78 is 1.95. The van der Waals surface area contributed by atoms with Gasteiger partial charge in [0.1, 0.15) is 0 Å². The van der Waals surface area contributed by atoms with Gasteiger partial charge in [0.05, 0.1) is 5.69 Å². The van der Waals surface area contributed by atoms with Crippen LogP contribution in [0.3, 0.4) is 0 Å². The molecule has 0 fully saturated rings. The zero-order valence-corrected chi connectivity index (χ0v) is 12.5. The largest absolute Gasteiger partial charge is 0.313 e. The first-order chi connectivity index (χ1) is 9.08. The average molecular weight is 257 g/mol. The zero-order valence-electron chi connectivity index (χ0n) is 12.5. The van der Waals surface area contributed by atoms with Crippen molar-refractivity contribution in [1.29, 1.82) is 0 Å². The quantitative estimate of drug-likeness (QED) is 0.910. The minimum Gasteiger partial charge on any atom is -0.313 e. The highest BCUT2D eigenvalue weighted by molar-refractivity contribution is 5.69. The van der Waals surface area contributed by atoms with Gasteiger partial charge in [-0.3, -0.25) is 4.68 Å². The zero-order chi connectivity index (χ0) is 14.0. The van der Waals surface area contributed by atoms with Gasteiger partial charge in [0.2, 0.25) is 0 Å². The summed E-state index contributed by atoms with van der Waals surface area (Å²) in [5, 5.41) is 7.86. The molecule has 0 saturated carbocycles. The first-order valence-corrected chi connectivity index (χ1v) is 6.86. The topological polar surface area (TPSA) is 29.9 Å². The Balaban J connectivity index is 2.49. The third-order valence-corrected chi connectivity index (χ3v) is 3.84. The van der Waals surface area contributed by atoms with E-state index >= 15 is 0 Å². The Hall–Kier alpha value is -1.61. The second kappa shape index (κ2) is 5.57. The minimum absolute atomic E-state index is 0.414. The second-order valence-electron chi connectivity index (χ2n) is 5.04. The van der Waals surface area contributed by atoms with Crippen LogP contribution < -0.4 is 5.32 Å². The lowest BCUT2D eigenvalue weighted by atomic mass is 9.97. The van der Waals surface area contributed by atoms with E-state index in [4.69, 9.17) is 0 Å². The van der Waals surface area contributed by atoms with Gasteiger partial charge >= 0.3 is 0 Å². The van der Waals surface area contributed by atoms with Gasteiger partial charge in [-0.25, -0.2) is 0 Å².